The van der Waals surface area contributed by atoms with Crippen molar-refractivity contribution in [2.45, 2.75) is 57.9 Å². The van der Waals surface area contributed by atoms with Gasteiger partial charge in [0.15, 0.2) is 0 Å². The fraction of sp³-hybridized carbons (Fsp3) is 0.706. The fourth-order valence-corrected chi connectivity index (χ4v) is 6.48. The number of nitrogens with one attached hydrogen (secondary N) is 2. The smallest absolute Gasteiger partial charge is 0.141 e. The number of hydrogen-bond donors (Lipinski definition) is 3. The van der Waals surface area contributed by atoms with E-state index in [-0.39, 0.29) is 5.54 Å². The van der Waals surface area contributed by atoms with Gasteiger partial charge in [-0.2, -0.15) is 0 Å². The molecule has 0 aliphatic heterocycles. The topological polar surface area (TPSA) is 63.0 Å². The molecule has 114 valence electrons. The van der Waals surface area contributed by atoms with Crippen molar-refractivity contribution in [2.24, 2.45) is 22.6 Å². The Morgan fingerprint density at radius 3 is 2.48 bits per heavy atom. The lowest BCUT2D eigenvalue weighted by molar-refractivity contribution is -0.0972. The fourth-order valence-electron chi connectivity index (χ4n) is 6.48. The summed E-state index contributed by atoms with van der Waals surface area (Å²) in [7, 11) is 0. The van der Waals surface area contributed by atoms with Gasteiger partial charge in [0, 0.05) is 23.5 Å². The molecule has 21 heavy (non-hydrogen) atoms. The van der Waals surface area contributed by atoms with Crippen LogP contribution < -0.4 is 16.6 Å². The van der Waals surface area contributed by atoms with Gasteiger partial charge in [0.2, 0.25) is 0 Å². The summed E-state index contributed by atoms with van der Waals surface area (Å²) in [6.07, 6.45) is 10.0. The molecule has 1 heterocycles. The quantitative estimate of drug-likeness (QED) is 0.587. The van der Waals surface area contributed by atoms with Crippen LogP contribution in [-0.4, -0.2) is 10.5 Å². The maximum atomic E-state index is 5.48. The monoisotopic (exact) mass is 286 g/mol. The van der Waals surface area contributed by atoms with Gasteiger partial charge >= 0.3 is 0 Å². The third kappa shape index (κ3) is 2.20. The van der Waals surface area contributed by atoms with Crippen LogP contribution in [0.1, 0.15) is 52.4 Å². The number of hydrogen-bond acceptors (Lipinski definition) is 4. The highest BCUT2D eigenvalue weighted by Gasteiger charge is 2.60. The molecular formula is C17H26N4. The number of pyridine rings is 1. The standard InChI is InChI=1S/C17H26N4/c1-15-6-12-7-16(2,9-15)11-17(8-12,10-15)20-13-3-4-19-14(5-13)21-18/h3-5,12H,6-11,18H2,1-2H3,(H2,19,20,21). The first-order chi connectivity index (χ1) is 9.92. The van der Waals surface area contributed by atoms with Crippen LogP contribution in [0, 0.1) is 16.7 Å². The average Bonchev–Trinajstić information content (AvgIpc) is 2.33. The third-order valence-corrected chi connectivity index (χ3v) is 5.94. The lowest BCUT2D eigenvalue weighted by atomic mass is 9.43. The Balaban J connectivity index is 1.65. The molecule has 4 fully saturated rings. The van der Waals surface area contributed by atoms with E-state index in [1.165, 1.54) is 38.5 Å². The molecule has 0 radical (unpaired) electrons. The van der Waals surface area contributed by atoms with Gasteiger partial charge in [-0.15, -0.1) is 0 Å². The molecule has 4 nitrogen and oxygen atoms in total. The zero-order valence-electron chi connectivity index (χ0n) is 13.1. The van der Waals surface area contributed by atoms with Crippen LogP contribution in [-0.2, 0) is 0 Å². The molecule has 1 aromatic rings. The van der Waals surface area contributed by atoms with Gasteiger partial charge in [0.05, 0.1) is 0 Å². The summed E-state index contributed by atoms with van der Waals surface area (Å²) in [5.41, 5.74) is 5.12. The van der Waals surface area contributed by atoms with Gasteiger partial charge in [0.1, 0.15) is 5.82 Å². The SMILES string of the molecule is CC12CC3CC(C)(C1)CC(Nc1ccnc(NN)c1)(C3)C2. The van der Waals surface area contributed by atoms with Crippen LogP contribution in [0.25, 0.3) is 0 Å². The zero-order chi connectivity index (χ0) is 14.7. The first kappa shape index (κ1) is 13.4. The minimum absolute atomic E-state index is 0.274. The van der Waals surface area contributed by atoms with Crippen molar-refractivity contribution in [1.29, 1.82) is 0 Å². The molecule has 5 rings (SSSR count). The Hall–Kier alpha value is -1.29. The Morgan fingerprint density at radius 2 is 1.86 bits per heavy atom. The predicted octanol–water partition coefficient (Wildman–Crippen LogP) is 3.53. The van der Waals surface area contributed by atoms with E-state index in [2.05, 4.69) is 35.6 Å². The van der Waals surface area contributed by atoms with Gasteiger partial charge in [-0.05, 0) is 61.3 Å². The Kier molecular flexibility index (Phi) is 2.63. The number of nitrogens with zero attached hydrogens (tertiary/aromatic N) is 1. The van der Waals surface area contributed by atoms with Gasteiger partial charge < -0.3 is 10.7 Å². The Labute approximate surface area is 126 Å². The summed E-state index contributed by atoms with van der Waals surface area (Å²) in [5, 5.41) is 3.88. The molecular weight excluding hydrogens is 260 g/mol. The van der Waals surface area contributed by atoms with E-state index in [0.717, 1.165) is 17.4 Å². The highest BCUT2D eigenvalue weighted by atomic mass is 15.2. The lowest BCUT2D eigenvalue weighted by Crippen LogP contribution is -2.61. The normalized spacial score (nSPS) is 43.9. The van der Waals surface area contributed by atoms with E-state index in [9.17, 15) is 0 Å². The largest absolute Gasteiger partial charge is 0.379 e. The summed E-state index contributed by atoms with van der Waals surface area (Å²) in [6, 6.07) is 4.08. The van der Waals surface area contributed by atoms with Crippen molar-refractivity contribution in [3.63, 3.8) is 0 Å². The molecule has 0 amide bonds. The van der Waals surface area contributed by atoms with E-state index in [4.69, 9.17) is 5.84 Å². The Bertz CT molecular complexity index is 552. The van der Waals surface area contributed by atoms with Crippen molar-refractivity contribution in [3.8, 4) is 0 Å². The molecule has 2 unspecified atom stereocenters. The maximum absolute atomic E-state index is 5.48. The van der Waals surface area contributed by atoms with Crippen LogP contribution in [0.3, 0.4) is 0 Å². The summed E-state index contributed by atoms with van der Waals surface area (Å²) in [4.78, 5) is 4.20. The van der Waals surface area contributed by atoms with Crippen molar-refractivity contribution in [1.82, 2.24) is 4.98 Å². The van der Waals surface area contributed by atoms with Crippen LogP contribution in [0.15, 0.2) is 18.3 Å². The first-order valence-corrected chi connectivity index (χ1v) is 8.13. The molecule has 4 heteroatoms. The number of anilines is 2. The summed E-state index contributed by atoms with van der Waals surface area (Å²) in [5.74, 6) is 7.11. The molecule has 2 atom stereocenters. The van der Waals surface area contributed by atoms with Gasteiger partial charge in [-0.1, -0.05) is 13.8 Å². The number of nitrogens with two attached hydrogens (primary N) is 1. The number of rotatable bonds is 3. The summed E-state index contributed by atoms with van der Waals surface area (Å²) in [6.45, 7) is 5.01. The summed E-state index contributed by atoms with van der Waals surface area (Å²) < 4.78 is 0. The minimum Gasteiger partial charge on any atom is -0.379 e. The lowest BCUT2D eigenvalue weighted by Gasteiger charge is -2.65. The maximum Gasteiger partial charge on any atom is 0.141 e. The van der Waals surface area contributed by atoms with E-state index >= 15 is 0 Å². The zero-order valence-corrected chi connectivity index (χ0v) is 13.1. The molecule has 1 aromatic heterocycles. The summed E-state index contributed by atoms with van der Waals surface area (Å²) >= 11 is 0. The van der Waals surface area contributed by atoms with Crippen molar-refractivity contribution >= 4 is 11.5 Å². The molecule has 4 N–H and O–H groups in total. The van der Waals surface area contributed by atoms with Crippen LogP contribution in [0.2, 0.25) is 0 Å². The molecule has 0 saturated heterocycles. The van der Waals surface area contributed by atoms with Crippen molar-refractivity contribution in [3.05, 3.63) is 18.3 Å². The van der Waals surface area contributed by atoms with Gasteiger partial charge in [-0.3, -0.25) is 0 Å². The molecule has 0 aromatic carbocycles. The predicted molar refractivity (Wildman–Crippen MR) is 85.8 cm³/mol. The molecule has 4 aliphatic carbocycles. The van der Waals surface area contributed by atoms with E-state index < -0.39 is 0 Å². The van der Waals surface area contributed by atoms with E-state index in [1.807, 2.05) is 12.3 Å². The number of nitrogen functional groups attached to an aromatic ring is 1. The number of aromatic nitrogens is 1. The van der Waals surface area contributed by atoms with Crippen LogP contribution in [0.4, 0.5) is 11.5 Å². The highest BCUT2D eigenvalue weighted by molar-refractivity contribution is 5.53. The van der Waals surface area contributed by atoms with E-state index in [0.29, 0.717) is 10.8 Å². The van der Waals surface area contributed by atoms with Gasteiger partial charge in [0.25, 0.3) is 0 Å². The van der Waals surface area contributed by atoms with E-state index in [1.54, 1.807) is 0 Å². The number of hydrazine groups is 1. The molecule has 4 bridgehead atoms. The minimum atomic E-state index is 0.274. The third-order valence-electron chi connectivity index (χ3n) is 5.94. The second kappa shape index (κ2) is 4.13. The first-order valence-electron chi connectivity index (χ1n) is 8.13. The molecule has 4 aliphatic rings. The highest BCUT2D eigenvalue weighted by Crippen LogP contribution is 2.66. The van der Waals surface area contributed by atoms with Crippen molar-refractivity contribution in [2.75, 3.05) is 10.7 Å². The van der Waals surface area contributed by atoms with Crippen LogP contribution >= 0.6 is 0 Å². The molecule has 4 saturated carbocycles. The second-order valence-electron chi connectivity index (χ2n) is 8.61. The molecule has 0 spiro atoms. The Morgan fingerprint density at radius 1 is 1.14 bits per heavy atom. The van der Waals surface area contributed by atoms with Gasteiger partial charge in [-0.25, -0.2) is 10.8 Å². The van der Waals surface area contributed by atoms with Crippen molar-refractivity contribution < 1.29 is 0 Å². The second-order valence-corrected chi connectivity index (χ2v) is 8.61. The van der Waals surface area contributed by atoms with Crippen LogP contribution in [0.5, 0.6) is 0 Å². The average molecular weight is 286 g/mol.